The summed E-state index contributed by atoms with van der Waals surface area (Å²) >= 11 is 0. The van der Waals surface area contributed by atoms with Crippen LogP contribution in [-0.2, 0) is 12.8 Å². The smallest absolute Gasteiger partial charge is 0.0728 e. The lowest BCUT2D eigenvalue weighted by atomic mass is 9.72. The normalized spacial score (nSPS) is 19.6. The molecule has 2 aromatic carbocycles. The first-order valence-electron chi connectivity index (χ1n) is 11.5. The highest BCUT2D eigenvalue weighted by Crippen LogP contribution is 2.40. The number of aryl methyl sites for hydroxylation is 2. The largest absolute Gasteiger partial charge is 0.389 e. The zero-order valence-corrected chi connectivity index (χ0v) is 20.1. The Balaban J connectivity index is 0.00000171. The van der Waals surface area contributed by atoms with Gasteiger partial charge in [-0.25, -0.2) is 0 Å². The van der Waals surface area contributed by atoms with Crippen molar-refractivity contribution in [1.29, 1.82) is 0 Å². The number of hydrogen-bond donors (Lipinski definition) is 2. The molecule has 0 bridgehead atoms. The fourth-order valence-corrected chi connectivity index (χ4v) is 5.10. The SMILES string of the molecule is Cl.Cl.OC1(C(CN2CCNCC2)c2ccc(CCc3ccccc3)cc2)CCCCC1. The summed E-state index contributed by atoms with van der Waals surface area (Å²) in [6.45, 7) is 5.26. The molecule has 5 heteroatoms. The van der Waals surface area contributed by atoms with Gasteiger partial charge < -0.3 is 15.3 Å². The zero-order chi connectivity index (χ0) is 19.9. The van der Waals surface area contributed by atoms with Crippen LogP contribution in [0.3, 0.4) is 0 Å². The fraction of sp³-hybridized carbons (Fsp3) is 0.538. The summed E-state index contributed by atoms with van der Waals surface area (Å²) in [5, 5.41) is 15.0. The van der Waals surface area contributed by atoms with Crippen molar-refractivity contribution >= 4 is 24.8 Å². The molecule has 1 heterocycles. The second-order valence-electron chi connectivity index (χ2n) is 8.99. The van der Waals surface area contributed by atoms with Gasteiger partial charge in [0, 0.05) is 38.6 Å². The Morgan fingerprint density at radius 2 is 1.39 bits per heavy atom. The summed E-state index contributed by atoms with van der Waals surface area (Å²) in [7, 11) is 0. The third kappa shape index (κ3) is 7.20. The summed E-state index contributed by atoms with van der Waals surface area (Å²) in [4.78, 5) is 2.54. The molecule has 31 heavy (non-hydrogen) atoms. The number of nitrogens with one attached hydrogen (secondary N) is 1. The van der Waals surface area contributed by atoms with Crippen molar-refractivity contribution < 1.29 is 5.11 Å². The second kappa shape index (κ2) is 12.8. The van der Waals surface area contributed by atoms with Crippen molar-refractivity contribution in [3.63, 3.8) is 0 Å². The van der Waals surface area contributed by atoms with E-state index < -0.39 is 5.60 Å². The maximum atomic E-state index is 11.6. The van der Waals surface area contributed by atoms with Gasteiger partial charge in [-0.05, 0) is 42.4 Å². The molecule has 2 aromatic rings. The number of benzene rings is 2. The van der Waals surface area contributed by atoms with Crippen molar-refractivity contribution in [2.45, 2.75) is 56.5 Å². The van der Waals surface area contributed by atoms with E-state index in [1.54, 1.807) is 0 Å². The number of halogens is 2. The van der Waals surface area contributed by atoms with Crippen LogP contribution >= 0.6 is 24.8 Å². The zero-order valence-electron chi connectivity index (χ0n) is 18.5. The molecule has 0 radical (unpaired) electrons. The molecule has 4 rings (SSSR count). The van der Waals surface area contributed by atoms with Crippen LogP contribution in [0.5, 0.6) is 0 Å². The number of hydrogen-bond acceptors (Lipinski definition) is 3. The van der Waals surface area contributed by atoms with Gasteiger partial charge in [0.05, 0.1) is 5.60 Å². The lowest BCUT2D eigenvalue weighted by Gasteiger charge is -2.42. The van der Waals surface area contributed by atoms with E-state index >= 15 is 0 Å². The predicted molar refractivity (Wildman–Crippen MR) is 135 cm³/mol. The molecule has 1 saturated heterocycles. The van der Waals surface area contributed by atoms with Crippen molar-refractivity contribution in [2.24, 2.45) is 0 Å². The van der Waals surface area contributed by atoms with Crippen LogP contribution in [0.25, 0.3) is 0 Å². The molecule has 2 fully saturated rings. The third-order valence-electron chi connectivity index (χ3n) is 6.95. The topological polar surface area (TPSA) is 35.5 Å². The second-order valence-corrected chi connectivity index (χ2v) is 8.99. The average molecular weight is 466 g/mol. The summed E-state index contributed by atoms with van der Waals surface area (Å²) < 4.78 is 0. The highest BCUT2D eigenvalue weighted by Gasteiger charge is 2.39. The molecule has 172 valence electrons. The monoisotopic (exact) mass is 464 g/mol. The molecule has 0 amide bonds. The Morgan fingerprint density at radius 3 is 2.00 bits per heavy atom. The van der Waals surface area contributed by atoms with Crippen molar-refractivity contribution in [1.82, 2.24) is 10.2 Å². The highest BCUT2D eigenvalue weighted by atomic mass is 35.5. The standard InChI is InChI=1S/C26H36N2O.2ClH/c29-26(15-5-2-6-16-26)25(21-28-19-17-27-18-20-28)24-13-11-23(12-14-24)10-9-22-7-3-1-4-8-22;;/h1,3-4,7-8,11-14,25,27,29H,2,5-6,9-10,15-21H2;2*1H. The summed E-state index contributed by atoms with van der Waals surface area (Å²) in [6.07, 6.45) is 7.61. The molecule has 1 aliphatic heterocycles. The number of piperazine rings is 1. The minimum absolute atomic E-state index is 0. The first kappa shape index (κ1) is 26.2. The molecule has 3 nitrogen and oxygen atoms in total. The van der Waals surface area contributed by atoms with E-state index in [4.69, 9.17) is 0 Å². The Labute approximate surface area is 200 Å². The maximum Gasteiger partial charge on any atom is 0.0728 e. The van der Waals surface area contributed by atoms with Crippen LogP contribution in [0, 0.1) is 0 Å². The molecule has 2 N–H and O–H groups in total. The van der Waals surface area contributed by atoms with E-state index in [2.05, 4.69) is 64.8 Å². The number of nitrogens with zero attached hydrogens (tertiary/aromatic N) is 1. The van der Waals surface area contributed by atoms with Crippen LogP contribution in [0.4, 0.5) is 0 Å². The van der Waals surface area contributed by atoms with Gasteiger partial charge >= 0.3 is 0 Å². The fourth-order valence-electron chi connectivity index (χ4n) is 5.10. The van der Waals surface area contributed by atoms with Crippen LogP contribution in [0.2, 0.25) is 0 Å². The first-order valence-corrected chi connectivity index (χ1v) is 11.5. The van der Waals surface area contributed by atoms with Crippen LogP contribution < -0.4 is 5.32 Å². The third-order valence-corrected chi connectivity index (χ3v) is 6.95. The molecule has 1 saturated carbocycles. The van der Waals surface area contributed by atoms with E-state index in [9.17, 15) is 5.11 Å². The van der Waals surface area contributed by atoms with E-state index in [0.717, 1.165) is 71.2 Å². The van der Waals surface area contributed by atoms with Gasteiger partial charge in [-0.1, -0.05) is 73.9 Å². The van der Waals surface area contributed by atoms with Crippen LogP contribution in [0.15, 0.2) is 54.6 Å². The lowest BCUT2D eigenvalue weighted by molar-refractivity contribution is -0.0316. The number of rotatable bonds is 7. The minimum Gasteiger partial charge on any atom is -0.389 e. The van der Waals surface area contributed by atoms with Gasteiger partial charge in [-0.3, -0.25) is 0 Å². The summed E-state index contributed by atoms with van der Waals surface area (Å²) in [5.74, 6) is 0.212. The molecule has 1 unspecified atom stereocenters. The molecule has 0 spiro atoms. The summed E-state index contributed by atoms with van der Waals surface area (Å²) in [5.41, 5.74) is 3.55. The highest BCUT2D eigenvalue weighted by molar-refractivity contribution is 5.85. The molecule has 1 atom stereocenters. The van der Waals surface area contributed by atoms with E-state index in [1.165, 1.54) is 23.1 Å². The van der Waals surface area contributed by atoms with Gasteiger partial charge in [0.1, 0.15) is 0 Å². The van der Waals surface area contributed by atoms with E-state index in [1.807, 2.05) is 0 Å². The molecule has 0 aromatic heterocycles. The lowest BCUT2D eigenvalue weighted by Crippen LogP contribution is -2.49. The summed E-state index contributed by atoms with van der Waals surface area (Å²) in [6, 6.07) is 19.9. The quantitative estimate of drug-likeness (QED) is 0.604. The van der Waals surface area contributed by atoms with E-state index in [0.29, 0.717) is 0 Å². The number of aliphatic hydroxyl groups is 1. The van der Waals surface area contributed by atoms with Crippen molar-refractivity contribution in [3.8, 4) is 0 Å². The average Bonchev–Trinajstić information content (AvgIpc) is 2.78. The Bertz CT molecular complexity index is 742. The van der Waals surface area contributed by atoms with E-state index in [-0.39, 0.29) is 30.7 Å². The molecule has 2 aliphatic rings. The maximum absolute atomic E-state index is 11.6. The first-order chi connectivity index (χ1) is 14.2. The van der Waals surface area contributed by atoms with Crippen LogP contribution in [0.1, 0.15) is 54.7 Å². The Hall–Kier alpha value is -1.10. The molecule has 1 aliphatic carbocycles. The Morgan fingerprint density at radius 1 is 0.806 bits per heavy atom. The predicted octanol–water partition coefficient (Wildman–Crippen LogP) is 5.00. The van der Waals surface area contributed by atoms with Crippen molar-refractivity contribution in [2.75, 3.05) is 32.7 Å². The Kier molecular flexibility index (Phi) is 10.8. The van der Waals surface area contributed by atoms with Crippen molar-refractivity contribution in [3.05, 3.63) is 71.3 Å². The molecular weight excluding hydrogens is 427 g/mol. The van der Waals surface area contributed by atoms with Crippen LogP contribution in [-0.4, -0.2) is 48.3 Å². The van der Waals surface area contributed by atoms with Gasteiger partial charge in [-0.15, -0.1) is 24.8 Å². The van der Waals surface area contributed by atoms with Gasteiger partial charge in [-0.2, -0.15) is 0 Å². The van der Waals surface area contributed by atoms with Gasteiger partial charge in [0.15, 0.2) is 0 Å². The molecular formula is C26H38Cl2N2O. The van der Waals surface area contributed by atoms with Gasteiger partial charge in [0.25, 0.3) is 0 Å². The minimum atomic E-state index is -0.547. The van der Waals surface area contributed by atoms with Gasteiger partial charge in [0.2, 0.25) is 0 Å².